The molecule has 0 bridgehead atoms. The van der Waals surface area contributed by atoms with E-state index in [0.717, 1.165) is 17.0 Å². The van der Waals surface area contributed by atoms with E-state index < -0.39 is 0 Å². The summed E-state index contributed by atoms with van der Waals surface area (Å²) >= 11 is 0. The lowest BCUT2D eigenvalue weighted by Gasteiger charge is -2.26. The predicted molar refractivity (Wildman–Crippen MR) is 90.5 cm³/mol. The highest BCUT2D eigenvalue weighted by Gasteiger charge is 2.21. The normalized spacial score (nSPS) is 10.9. The van der Waals surface area contributed by atoms with Gasteiger partial charge in [-0.05, 0) is 29.8 Å². The van der Waals surface area contributed by atoms with Crippen LogP contribution in [0.15, 0.2) is 48.7 Å². The number of pyridine rings is 1. The van der Waals surface area contributed by atoms with Crippen molar-refractivity contribution < 1.29 is 9.53 Å². The minimum atomic E-state index is -0.197. The molecular weight excluding hydrogens is 290 g/mol. The molecule has 0 fully saturated rings. The summed E-state index contributed by atoms with van der Waals surface area (Å²) in [5, 5.41) is 5.72. The standard InChI is InChI=1S/C18H23N3O2/c1-18(2,14-7-9-16(23-3)10-8-14)13-21-17(22)20-12-15-6-4-5-11-19-15/h4-11H,12-13H2,1-3H3,(H2,20,21,22). The molecule has 1 heterocycles. The summed E-state index contributed by atoms with van der Waals surface area (Å²) in [5.41, 5.74) is 1.80. The van der Waals surface area contributed by atoms with E-state index in [4.69, 9.17) is 4.74 Å². The summed E-state index contributed by atoms with van der Waals surface area (Å²) in [4.78, 5) is 16.1. The first-order valence-electron chi connectivity index (χ1n) is 7.57. The van der Waals surface area contributed by atoms with Crippen molar-refractivity contribution in [2.75, 3.05) is 13.7 Å². The molecule has 0 spiro atoms. The van der Waals surface area contributed by atoms with E-state index in [9.17, 15) is 4.79 Å². The highest BCUT2D eigenvalue weighted by atomic mass is 16.5. The van der Waals surface area contributed by atoms with Gasteiger partial charge in [0.05, 0.1) is 19.3 Å². The van der Waals surface area contributed by atoms with Gasteiger partial charge in [-0.1, -0.05) is 32.0 Å². The first-order chi connectivity index (χ1) is 11.0. The van der Waals surface area contributed by atoms with Crippen LogP contribution in [0.25, 0.3) is 0 Å². The Kier molecular flexibility index (Phi) is 5.57. The molecule has 0 atom stereocenters. The van der Waals surface area contributed by atoms with Gasteiger partial charge in [0.25, 0.3) is 0 Å². The number of benzene rings is 1. The fourth-order valence-corrected chi connectivity index (χ4v) is 2.18. The summed E-state index contributed by atoms with van der Waals surface area (Å²) in [6.07, 6.45) is 1.71. The van der Waals surface area contributed by atoms with Crippen LogP contribution < -0.4 is 15.4 Å². The zero-order valence-corrected chi connectivity index (χ0v) is 13.8. The van der Waals surface area contributed by atoms with Crippen molar-refractivity contribution in [1.82, 2.24) is 15.6 Å². The van der Waals surface area contributed by atoms with Gasteiger partial charge in [-0.2, -0.15) is 0 Å². The fourth-order valence-electron chi connectivity index (χ4n) is 2.18. The number of carbonyl (C=O) groups excluding carboxylic acids is 1. The minimum Gasteiger partial charge on any atom is -0.497 e. The Labute approximate surface area is 137 Å². The van der Waals surface area contributed by atoms with E-state index in [2.05, 4.69) is 29.5 Å². The second-order valence-corrected chi connectivity index (χ2v) is 5.97. The lowest BCUT2D eigenvalue weighted by molar-refractivity contribution is 0.238. The average molecular weight is 313 g/mol. The molecular formula is C18H23N3O2. The number of methoxy groups -OCH3 is 1. The molecule has 0 aliphatic heterocycles. The maximum atomic E-state index is 11.9. The highest BCUT2D eigenvalue weighted by Crippen LogP contribution is 2.24. The van der Waals surface area contributed by atoms with Crippen molar-refractivity contribution in [2.45, 2.75) is 25.8 Å². The molecule has 0 aliphatic carbocycles. The monoisotopic (exact) mass is 313 g/mol. The lowest BCUT2D eigenvalue weighted by atomic mass is 9.84. The van der Waals surface area contributed by atoms with Crippen LogP contribution in [-0.2, 0) is 12.0 Å². The average Bonchev–Trinajstić information content (AvgIpc) is 2.59. The number of rotatable bonds is 6. The van der Waals surface area contributed by atoms with Crippen LogP contribution in [0, 0.1) is 0 Å². The fraction of sp³-hybridized carbons (Fsp3) is 0.333. The number of hydrogen-bond acceptors (Lipinski definition) is 3. The summed E-state index contributed by atoms with van der Waals surface area (Å²) in [7, 11) is 1.65. The van der Waals surface area contributed by atoms with Crippen molar-refractivity contribution in [3.05, 3.63) is 59.9 Å². The zero-order chi connectivity index (χ0) is 16.7. The Balaban J connectivity index is 1.84. The molecule has 0 radical (unpaired) electrons. The molecule has 1 aromatic heterocycles. The number of aromatic nitrogens is 1. The van der Waals surface area contributed by atoms with E-state index in [1.165, 1.54) is 0 Å². The van der Waals surface area contributed by atoms with Gasteiger partial charge >= 0.3 is 6.03 Å². The topological polar surface area (TPSA) is 63.2 Å². The molecule has 0 unspecified atom stereocenters. The number of nitrogens with one attached hydrogen (secondary N) is 2. The van der Waals surface area contributed by atoms with Gasteiger partial charge < -0.3 is 15.4 Å². The van der Waals surface area contributed by atoms with Gasteiger partial charge in [0.1, 0.15) is 5.75 Å². The SMILES string of the molecule is COc1ccc(C(C)(C)CNC(=O)NCc2ccccn2)cc1. The quantitative estimate of drug-likeness (QED) is 0.862. The molecule has 2 aromatic rings. The van der Waals surface area contributed by atoms with E-state index in [-0.39, 0.29) is 11.4 Å². The number of amides is 2. The molecule has 2 rings (SSSR count). The van der Waals surface area contributed by atoms with Crippen LogP contribution in [0.5, 0.6) is 5.75 Å². The van der Waals surface area contributed by atoms with Crippen LogP contribution in [0.4, 0.5) is 4.79 Å². The third kappa shape index (κ3) is 4.98. The number of ether oxygens (including phenoxy) is 1. The molecule has 2 N–H and O–H groups in total. The molecule has 1 aromatic carbocycles. The maximum Gasteiger partial charge on any atom is 0.315 e. The predicted octanol–water partition coefficient (Wildman–Crippen LogP) is 2.87. The first kappa shape index (κ1) is 16.8. The van der Waals surface area contributed by atoms with Gasteiger partial charge in [0, 0.05) is 18.2 Å². The van der Waals surface area contributed by atoms with Crippen LogP contribution in [0.2, 0.25) is 0 Å². The third-order valence-electron chi connectivity index (χ3n) is 3.72. The molecule has 0 aliphatic rings. The number of hydrogen-bond donors (Lipinski definition) is 2. The molecule has 23 heavy (non-hydrogen) atoms. The van der Waals surface area contributed by atoms with E-state index in [1.807, 2.05) is 42.5 Å². The van der Waals surface area contributed by atoms with Crippen molar-refractivity contribution in [1.29, 1.82) is 0 Å². The van der Waals surface area contributed by atoms with Crippen LogP contribution >= 0.6 is 0 Å². The van der Waals surface area contributed by atoms with Crippen molar-refractivity contribution >= 4 is 6.03 Å². The summed E-state index contributed by atoms with van der Waals surface area (Å²) in [5.74, 6) is 0.825. The van der Waals surface area contributed by atoms with Gasteiger partial charge in [-0.3, -0.25) is 4.98 Å². The molecule has 2 amide bonds. The largest absolute Gasteiger partial charge is 0.497 e. The number of carbonyl (C=O) groups is 1. The Hall–Kier alpha value is -2.56. The van der Waals surface area contributed by atoms with Crippen molar-refractivity contribution in [2.24, 2.45) is 0 Å². The molecule has 122 valence electrons. The second kappa shape index (κ2) is 7.63. The van der Waals surface area contributed by atoms with Crippen LogP contribution in [0.1, 0.15) is 25.1 Å². The zero-order valence-electron chi connectivity index (χ0n) is 13.8. The lowest BCUT2D eigenvalue weighted by Crippen LogP contribution is -2.42. The maximum absolute atomic E-state index is 11.9. The smallest absolute Gasteiger partial charge is 0.315 e. The van der Waals surface area contributed by atoms with E-state index in [1.54, 1.807) is 13.3 Å². The molecule has 5 nitrogen and oxygen atoms in total. The molecule has 5 heteroatoms. The highest BCUT2D eigenvalue weighted by molar-refractivity contribution is 5.73. The minimum absolute atomic E-state index is 0.172. The second-order valence-electron chi connectivity index (χ2n) is 5.97. The summed E-state index contributed by atoms with van der Waals surface area (Å²) in [6.45, 7) is 5.13. The third-order valence-corrected chi connectivity index (χ3v) is 3.72. The summed E-state index contributed by atoms with van der Waals surface area (Å²) < 4.78 is 5.17. The van der Waals surface area contributed by atoms with E-state index >= 15 is 0 Å². The Morgan fingerprint density at radius 3 is 2.48 bits per heavy atom. The van der Waals surface area contributed by atoms with Gasteiger partial charge in [0.2, 0.25) is 0 Å². The Morgan fingerprint density at radius 2 is 1.87 bits per heavy atom. The number of nitrogens with zero attached hydrogens (tertiary/aromatic N) is 1. The Bertz CT molecular complexity index is 624. The van der Waals surface area contributed by atoms with Crippen molar-refractivity contribution in [3.8, 4) is 5.75 Å². The van der Waals surface area contributed by atoms with Crippen molar-refractivity contribution in [3.63, 3.8) is 0 Å². The van der Waals surface area contributed by atoms with Gasteiger partial charge in [0.15, 0.2) is 0 Å². The number of urea groups is 1. The summed E-state index contributed by atoms with van der Waals surface area (Å²) in [6, 6.07) is 13.3. The van der Waals surface area contributed by atoms with Crippen LogP contribution in [0.3, 0.4) is 0 Å². The van der Waals surface area contributed by atoms with Gasteiger partial charge in [-0.25, -0.2) is 4.79 Å². The van der Waals surface area contributed by atoms with E-state index in [0.29, 0.717) is 13.1 Å². The molecule has 0 saturated heterocycles. The molecule has 0 saturated carbocycles. The Morgan fingerprint density at radius 1 is 1.13 bits per heavy atom. The van der Waals surface area contributed by atoms with Crippen LogP contribution in [-0.4, -0.2) is 24.7 Å². The van der Waals surface area contributed by atoms with Gasteiger partial charge in [-0.15, -0.1) is 0 Å². The first-order valence-corrected chi connectivity index (χ1v) is 7.57.